The molecule has 3 rings (SSSR count). The standard InChI is InChI=1S/C31H37ClN2O3/c1-4-5-6-7-8-9-10-11-21-36-27-18-15-25(16-19-27)31(35)37-29-20-17-26(22-24(29)3)33-34-28-14-12-13-23(2)30(28)32/h12-20,22H,4-11,21H2,1-3H3. The molecule has 5 nitrogen and oxygen atoms in total. The predicted molar refractivity (Wildman–Crippen MR) is 151 cm³/mol. The molecule has 0 radical (unpaired) electrons. The first-order chi connectivity index (χ1) is 18.0. The van der Waals surface area contributed by atoms with Crippen LogP contribution in [0.25, 0.3) is 0 Å². The Bertz CT molecular complexity index is 1180. The van der Waals surface area contributed by atoms with Crippen molar-refractivity contribution in [1.29, 1.82) is 0 Å². The average Bonchev–Trinajstić information content (AvgIpc) is 2.90. The van der Waals surface area contributed by atoms with Crippen LogP contribution in [0.4, 0.5) is 11.4 Å². The van der Waals surface area contributed by atoms with E-state index in [1.54, 1.807) is 24.3 Å². The van der Waals surface area contributed by atoms with Gasteiger partial charge in [-0.15, -0.1) is 5.11 Å². The molecule has 0 heterocycles. The molecule has 0 aromatic heterocycles. The van der Waals surface area contributed by atoms with E-state index in [1.165, 1.54) is 44.9 Å². The highest BCUT2D eigenvalue weighted by molar-refractivity contribution is 6.33. The summed E-state index contributed by atoms with van der Waals surface area (Å²) in [5, 5.41) is 9.10. The molecule has 0 saturated heterocycles. The van der Waals surface area contributed by atoms with Gasteiger partial charge in [0.1, 0.15) is 17.2 Å². The second-order valence-electron chi connectivity index (χ2n) is 9.30. The van der Waals surface area contributed by atoms with Gasteiger partial charge in [-0.25, -0.2) is 4.79 Å². The largest absolute Gasteiger partial charge is 0.494 e. The van der Waals surface area contributed by atoms with E-state index in [1.807, 2.05) is 50.2 Å². The molecule has 0 fully saturated rings. The first-order valence-electron chi connectivity index (χ1n) is 13.2. The zero-order valence-electron chi connectivity index (χ0n) is 22.1. The summed E-state index contributed by atoms with van der Waals surface area (Å²) < 4.78 is 11.4. The van der Waals surface area contributed by atoms with Gasteiger partial charge in [0, 0.05) is 0 Å². The van der Waals surface area contributed by atoms with Crippen molar-refractivity contribution in [3.05, 3.63) is 82.4 Å². The highest BCUT2D eigenvalue weighted by atomic mass is 35.5. The lowest BCUT2D eigenvalue weighted by atomic mass is 10.1. The van der Waals surface area contributed by atoms with Crippen molar-refractivity contribution in [2.45, 2.75) is 72.1 Å². The number of carbonyl (C=O) groups is 1. The van der Waals surface area contributed by atoms with Gasteiger partial charge < -0.3 is 9.47 Å². The smallest absolute Gasteiger partial charge is 0.343 e. The van der Waals surface area contributed by atoms with E-state index in [4.69, 9.17) is 21.1 Å². The molecule has 37 heavy (non-hydrogen) atoms. The number of esters is 1. The maximum Gasteiger partial charge on any atom is 0.343 e. The second-order valence-corrected chi connectivity index (χ2v) is 9.67. The maximum atomic E-state index is 12.6. The minimum absolute atomic E-state index is 0.418. The fraction of sp³-hybridized carbons (Fsp3) is 0.387. The van der Waals surface area contributed by atoms with Crippen molar-refractivity contribution in [3.63, 3.8) is 0 Å². The summed E-state index contributed by atoms with van der Waals surface area (Å²) in [5.41, 5.74) is 3.45. The fourth-order valence-corrected chi connectivity index (χ4v) is 4.07. The van der Waals surface area contributed by atoms with E-state index in [-0.39, 0.29) is 0 Å². The van der Waals surface area contributed by atoms with Crippen LogP contribution in [0.3, 0.4) is 0 Å². The lowest BCUT2D eigenvalue weighted by Crippen LogP contribution is -2.09. The van der Waals surface area contributed by atoms with Crippen LogP contribution in [0, 0.1) is 13.8 Å². The van der Waals surface area contributed by atoms with E-state index in [2.05, 4.69) is 17.2 Å². The summed E-state index contributed by atoms with van der Waals surface area (Å²) in [6.45, 7) is 6.72. The summed E-state index contributed by atoms with van der Waals surface area (Å²) in [4.78, 5) is 12.6. The van der Waals surface area contributed by atoms with Gasteiger partial charge in [-0.1, -0.05) is 75.6 Å². The quantitative estimate of drug-likeness (QED) is 0.0918. The van der Waals surface area contributed by atoms with Crippen LogP contribution in [-0.2, 0) is 0 Å². The maximum absolute atomic E-state index is 12.6. The third-order valence-electron chi connectivity index (χ3n) is 6.16. The van der Waals surface area contributed by atoms with Gasteiger partial charge in [0.05, 0.1) is 22.9 Å². The number of azo groups is 1. The van der Waals surface area contributed by atoms with Crippen LogP contribution in [0.5, 0.6) is 11.5 Å². The van der Waals surface area contributed by atoms with Crippen molar-refractivity contribution in [2.75, 3.05) is 6.61 Å². The first-order valence-corrected chi connectivity index (χ1v) is 13.6. The van der Waals surface area contributed by atoms with E-state index < -0.39 is 5.97 Å². The van der Waals surface area contributed by atoms with Crippen LogP contribution in [0.1, 0.15) is 79.8 Å². The van der Waals surface area contributed by atoms with E-state index >= 15 is 0 Å². The van der Waals surface area contributed by atoms with Crippen molar-refractivity contribution in [3.8, 4) is 11.5 Å². The van der Waals surface area contributed by atoms with Gasteiger partial charge in [0.15, 0.2) is 0 Å². The number of hydrogen-bond acceptors (Lipinski definition) is 5. The number of rotatable bonds is 14. The Balaban J connectivity index is 1.45. The normalized spacial score (nSPS) is 11.1. The summed E-state index contributed by atoms with van der Waals surface area (Å²) in [6, 6.07) is 18.0. The zero-order valence-corrected chi connectivity index (χ0v) is 22.9. The lowest BCUT2D eigenvalue weighted by molar-refractivity contribution is 0.0733. The fourth-order valence-electron chi connectivity index (χ4n) is 3.90. The van der Waals surface area contributed by atoms with Crippen molar-refractivity contribution < 1.29 is 14.3 Å². The Morgan fingerprint density at radius 1 is 0.811 bits per heavy atom. The molecular formula is C31H37ClN2O3. The van der Waals surface area contributed by atoms with Gasteiger partial charge in [-0.05, 0) is 79.9 Å². The van der Waals surface area contributed by atoms with Gasteiger partial charge in [0.25, 0.3) is 0 Å². The number of halogens is 1. The molecule has 0 spiro atoms. The number of aryl methyl sites for hydroxylation is 2. The number of nitrogens with zero attached hydrogens (tertiary/aromatic N) is 2. The highest BCUT2D eigenvalue weighted by Gasteiger charge is 2.11. The van der Waals surface area contributed by atoms with Gasteiger partial charge >= 0.3 is 5.97 Å². The monoisotopic (exact) mass is 520 g/mol. The molecule has 196 valence electrons. The molecule has 0 aliphatic heterocycles. The van der Waals surface area contributed by atoms with Gasteiger partial charge in [-0.3, -0.25) is 0 Å². The molecule has 3 aromatic rings. The number of unbranched alkanes of at least 4 members (excludes halogenated alkanes) is 7. The third-order valence-corrected chi connectivity index (χ3v) is 6.65. The molecule has 0 bridgehead atoms. The molecule has 0 amide bonds. The summed E-state index contributed by atoms with van der Waals surface area (Å²) in [7, 11) is 0. The SMILES string of the molecule is CCCCCCCCCCOc1ccc(C(=O)Oc2ccc(N=Nc3cccc(C)c3Cl)cc2C)cc1. The minimum Gasteiger partial charge on any atom is -0.494 e. The summed E-state index contributed by atoms with van der Waals surface area (Å²) in [5.74, 6) is 0.824. The molecule has 0 N–H and O–H groups in total. The van der Waals surface area contributed by atoms with Crippen molar-refractivity contribution in [1.82, 2.24) is 0 Å². The van der Waals surface area contributed by atoms with Crippen LogP contribution >= 0.6 is 11.6 Å². The summed E-state index contributed by atoms with van der Waals surface area (Å²) in [6.07, 6.45) is 10.1. The van der Waals surface area contributed by atoms with E-state index in [0.29, 0.717) is 34.3 Å². The van der Waals surface area contributed by atoms with Gasteiger partial charge in [-0.2, -0.15) is 5.11 Å². The summed E-state index contributed by atoms with van der Waals surface area (Å²) >= 11 is 6.28. The average molecular weight is 521 g/mol. The molecule has 0 aliphatic rings. The van der Waals surface area contributed by atoms with Crippen LogP contribution in [0.15, 0.2) is 70.9 Å². The van der Waals surface area contributed by atoms with Crippen molar-refractivity contribution in [2.24, 2.45) is 10.2 Å². The van der Waals surface area contributed by atoms with Crippen LogP contribution in [-0.4, -0.2) is 12.6 Å². The molecule has 0 aliphatic carbocycles. The van der Waals surface area contributed by atoms with E-state index in [0.717, 1.165) is 23.3 Å². The van der Waals surface area contributed by atoms with E-state index in [9.17, 15) is 4.79 Å². The molecule has 6 heteroatoms. The zero-order chi connectivity index (χ0) is 26.5. The highest BCUT2D eigenvalue weighted by Crippen LogP contribution is 2.31. The first kappa shape index (κ1) is 28.4. The second kappa shape index (κ2) is 15.2. The topological polar surface area (TPSA) is 60.2 Å². The predicted octanol–water partition coefficient (Wildman–Crippen LogP) is 10.1. The lowest BCUT2D eigenvalue weighted by Gasteiger charge is -2.09. The molecule has 0 saturated carbocycles. The molecular weight excluding hydrogens is 484 g/mol. The van der Waals surface area contributed by atoms with Crippen LogP contribution < -0.4 is 9.47 Å². The van der Waals surface area contributed by atoms with Crippen LogP contribution in [0.2, 0.25) is 5.02 Å². The number of ether oxygens (including phenoxy) is 2. The Morgan fingerprint density at radius 2 is 1.51 bits per heavy atom. The Morgan fingerprint density at radius 3 is 2.22 bits per heavy atom. The molecule has 0 atom stereocenters. The Labute approximate surface area is 225 Å². The molecule has 0 unspecified atom stereocenters. The minimum atomic E-state index is -0.418. The van der Waals surface area contributed by atoms with Gasteiger partial charge in [0.2, 0.25) is 0 Å². The number of benzene rings is 3. The Kier molecular flexibility index (Phi) is 11.6. The molecule has 3 aromatic carbocycles. The third kappa shape index (κ3) is 9.32. The Hall–Kier alpha value is -3.18. The van der Waals surface area contributed by atoms with Crippen molar-refractivity contribution >= 4 is 28.9 Å². The number of carbonyl (C=O) groups excluding carboxylic acids is 1. The number of hydrogen-bond donors (Lipinski definition) is 0.